The van der Waals surface area contributed by atoms with Gasteiger partial charge in [0.15, 0.2) is 0 Å². The van der Waals surface area contributed by atoms with Crippen LogP contribution in [0.1, 0.15) is 39.0 Å². The molecular weight excluding hydrogens is 182 g/mol. The Kier molecular flexibility index (Phi) is 4.35. The van der Waals surface area contributed by atoms with E-state index in [2.05, 4.69) is 0 Å². The third kappa shape index (κ3) is 3.27. The smallest absolute Gasteiger partial charge is 0.246 e. The molecule has 82 valence electrons. The number of aliphatic hydroxyl groups excluding tert-OH is 1. The molecule has 1 fully saturated rings. The summed E-state index contributed by atoms with van der Waals surface area (Å²) in [6.07, 6.45) is 3.24. The summed E-state index contributed by atoms with van der Waals surface area (Å²) in [5.74, 6) is -0.390. The van der Waals surface area contributed by atoms with E-state index in [1.165, 1.54) is 0 Å². The number of hydrogen-bond acceptors (Lipinski definition) is 3. The summed E-state index contributed by atoms with van der Waals surface area (Å²) >= 11 is 0. The summed E-state index contributed by atoms with van der Waals surface area (Å²) in [5, 5.41) is 9.28. The summed E-state index contributed by atoms with van der Waals surface area (Å²) in [6, 6.07) is 0. The summed E-state index contributed by atoms with van der Waals surface area (Å²) in [7, 11) is 0. The zero-order valence-electron chi connectivity index (χ0n) is 8.61. The maximum atomic E-state index is 10.9. The fraction of sp³-hybridized carbons (Fsp3) is 0.900. The second-order valence-electron chi connectivity index (χ2n) is 3.87. The predicted octanol–water partition coefficient (Wildman–Crippen LogP) is 0.570. The number of ether oxygens (including phenoxy) is 1. The van der Waals surface area contributed by atoms with Crippen LogP contribution in [0.15, 0.2) is 0 Å². The summed E-state index contributed by atoms with van der Waals surface area (Å²) in [5.41, 5.74) is 5.18. The van der Waals surface area contributed by atoms with E-state index in [1.807, 2.05) is 6.92 Å². The van der Waals surface area contributed by atoms with Crippen molar-refractivity contribution in [3.63, 3.8) is 0 Å². The minimum Gasteiger partial charge on any atom is -0.393 e. The molecule has 1 unspecified atom stereocenters. The second kappa shape index (κ2) is 5.32. The molecule has 1 atom stereocenters. The van der Waals surface area contributed by atoms with Crippen LogP contribution in [0.25, 0.3) is 0 Å². The van der Waals surface area contributed by atoms with Crippen LogP contribution in [0.4, 0.5) is 0 Å². The molecule has 0 aliphatic heterocycles. The molecule has 1 amide bonds. The number of carbonyl (C=O) groups excluding carboxylic acids is 1. The van der Waals surface area contributed by atoms with Crippen molar-refractivity contribution in [3.8, 4) is 0 Å². The van der Waals surface area contributed by atoms with E-state index in [9.17, 15) is 9.90 Å². The SMILES string of the molecule is CCC(OC1CCC(O)CC1)C(N)=O. The summed E-state index contributed by atoms with van der Waals surface area (Å²) in [4.78, 5) is 10.9. The molecule has 0 spiro atoms. The highest BCUT2D eigenvalue weighted by molar-refractivity contribution is 5.78. The molecule has 4 heteroatoms. The minimum absolute atomic E-state index is 0.0934. The molecule has 0 aromatic carbocycles. The zero-order chi connectivity index (χ0) is 10.6. The van der Waals surface area contributed by atoms with Gasteiger partial charge in [-0.15, -0.1) is 0 Å². The number of primary amides is 1. The van der Waals surface area contributed by atoms with Crippen LogP contribution in [0, 0.1) is 0 Å². The predicted molar refractivity (Wildman–Crippen MR) is 52.6 cm³/mol. The van der Waals surface area contributed by atoms with Crippen molar-refractivity contribution < 1.29 is 14.6 Å². The minimum atomic E-state index is -0.463. The Hall–Kier alpha value is -0.610. The number of rotatable bonds is 4. The van der Waals surface area contributed by atoms with E-state index < -0.39 is 12.0 Å². The van der Waals surface area contributed by atoms with Gasteiger partial charge >= 0.3 is 0 Å². The van der Waals surface area contributed by atoms with E-state index in [1.54, 1.807) is 0 Å². The van der Waals surface area contributed by atoms with Crippen molar-refractivity contribution in [3.05, 3.63) is 0 Å². The van der Waals surface area contributed by atoms with Gasteiger partial charge in [-0.05, 0) is 32.1 Å². The molecule has 1 aliphatic rings. The lowest BCUT2D eigenvalue weighted by molar-refractivity contribution is -0.135. The maximum absolute atomic E-state index is 10.9. The molecule has 1 aliphatic carbocycles. The molecule has 0 bridgehead atoms. The first kappa shape index (κ1) is 11.5. The molecule has 0 radical (unpaired) electrons. The Balaban J connectivity index is 2.32. The zero-order valence-corrected chi connectivity index (χ0v) is 8.61. The van der Waals surface area contributed by atoms with Crippen LogP contribution < -0.4 is 5.73 Å². The number of aliphatic hydroxyl groups is 1. The molecule has 0 saturated heterocycles. The molecule has 0 aromatic heterocycles. The molecule has 0 heterocycles. The Morgan fingerprint density at radius 1 is 1.50 bits per heavy atom. The van der Waals surface area contributed by atoms with Gasteiger partial charge in [-0.3, -0.25) is 4.79 Å². The Morgan fingerprint density at radius 2 is 2.07 bits per heavy atom. The monoisotopic (exact) mass is 201 g/mol. The standard InChI is InChI=1S/C10H19NO3/c1-2-9(10(11)13)14-8-5-3-7(12)4-6-8/h7-9,12H,2-6H2,1H3,(H2,11,13). The number of nitrogens with two attached hydrogens (primary N) is 1. The molecule has 4 nitrogen and oxygen atoms in total. The average molecular weight is 201 g/mol. The molecule has 0 aromatic rings. The molecule has 1 saturated carbocycles. The van der Waals surface area contributed by atoms with E-state index >= 15 is 0 Å². The van der Waals surface area contributed by atoms with Crippen molar-refractivity contribution in [2.45, 2.75) is 57.3 Å². The van der Waals surface area contributed by atoms with Crippen LogP contribution in [0.3, 0.4) is 0 Å². The van der Waals surface area contributed by atoms with E-state index in [4.69, 9.17) is 10.5 Å². The van der Waals surface area contributed by atoms with Crippen LogP contribution in [0.2, 0.25) is 0 Å². The first-order chi connectivity index (χ1) is 6.63. The lowest BCUT2D eigenvalue weighted by Crippen LogP contribution is -2.36. The van der Waals surface area contributed by atoms with E-state index in [-0.39, 0.29) is 12.2 Å². The molecular formula is C10H19NO3. The lowest BCUT2D eigenvalue weighted by atomic mass is 9.95. The van der Waals surface area contributed by atoms with Crippen LogP contribution in [-0.4, -0.2) is 29.3 Å². The summed E-state index contributed by atoms with van der Waals surface area (Å²) in [6.45, 7) is 1.88. The van der Waals surface area contributed by atoms with Crippen molar-refractivity contribution >= 4 is 5.91 Å². The maximum Gasteiger partial charge on any atom is 0.246 e. The van der Waals surface area contributed by atoms with Crippen LogP contribution >= 0.6 is 0 Å². The topological polar surface area (TPSA) is 72.6 Å². The highest BCUT2D eigenvalue weighted by Gasteiger charge is 2.24. The molecule has 1 rings (SSSR count). The van der Waals surface area contributed by atoms with Crippen LogP contribution in [-0.2, 0) is 9.53 Å². The normalized spacial score (nSPS) is 29.9. The lowest BCUT2D eigenvalue weighted by Gasteiger charge is -2.28. The van der Waals surface area contributed by atoms with Gasteiger partial charge in [-0.2, -0.15) is 0 Å². The van der Waals surface area contributed by atoms with Crippen LogP contribution in [0.5, 0.6) is 0 Å². The Morgan fingerprint density at radius 3 is 2.50 bits per heavy atom. The van der Waals surface area contributed by atoms with Gasteiger partial charge in [0.1, 0.15) is 6.10 Å². The third-order valence-corrected chi connectivity index (χ3v) is 2.69. The van der Waals surface area contributed by atoms with Crippen molar-refractivity contribution in [2.24, 2.45) is 5.73 Å². The molecule has 14 heavy (non-hydrogen) atoms. The van der Waals surface area contributed by atoms with Gasteiger partial charge in [-0.25, -0.2) is 0 Å². The largest absolute Gasteiger partial charge is 0.393 e. The van der Waals surface area contributed by atoms with Crippen molar-refractivity contribution in [1.82, 2.24) is 0 Å². The van der Waals surface area contributed by atoms with Gasteiger partial charge in [-0.1, -0.05) is 6.92 Å². The Bertz CT molecular complexity index is 188. The number of carbonyl (C=O) groups is 1. The summed E-state index contributed by atoms with van der Waals surface area (Å²) < 4.78 is 5.56. The van der Waals surface area contributed by atoms with E-state index in [0.29, 0.717) is 6.42 Å². The van der Waals surface area contributed by atoms with Gasteiger partial charge in [0.2, 0.25) is 5.91 Å². The van der Waals surface area contributed by atoms with Crippen molar-refractivity contribution in [2.75, 3.05) is 0 Å². The fourth-order valence-corrected chi connectivity index (χ4v) is 1.78. The highest BCUT2D eigenvalue weighted by atomic mass is 16.5. The number of amides is 1. The van der Waals surface area contributed by atoms with Gasteiger partial charge in [0.05, 0.1) is 12.2 Å². The first-order valence-corrected chi connectivity index (χ1v) is 5.26. The Labute approximate surface area is 84.4 Å². The first-order valence-electron chi connectivity index (χ1n) is 5.26. The fourth-order valence-electron chi connectivity index (χ4n) is 1.78. The quantitative estimate of drug-likeness (QED) is 0.698. The second-order valence-corrected chi connectivity index (χ2v) is 3.87. The average Bonchev–Trinajstić information content (AvgIpc) is 2.16. The molecule has 3 N–H and O–H groups in total. The highest BCUT2D eigenvalue weighted by Crippen LogP contribution is 2.22. The number of hydrogen-bond donors (Lipinski definition) is 2. The third-order valence-electron chi connectivity index (χ3n) is 2.69. The van der Waals surface area contributed by atoms with Crippen molar-refractivity contribution in [1.29, 1.82) is 0 Å². The van der Waals surface area contributed by atoms with Gasteiger partial charge < -0.3 is 15.6 Å². The van der Waals surface area contributed by atoms with Gasteiger partial charge in [0.25, 0.3) is 0 Å². The van der Waals surface area contributed by atoms with Gasteiger partial charge in [0, 0.05) is 0 Å². The van der Waals surface area contributed by atoms with E-state index in [0.717, 1.165) is 25.7 Å².